The van der Waals surface area contributed by atoms with Gasteiger partial charge in [0.15, 0.2) is 6.10 Å². The van der Waals surface area contributed by atoms with Crippen molar-refractivity contribution in [3.63, 3.8) is 0 Å². The third-order valence-electron chi connectivity index (χ3n) is 19.8. The molecule has 2 aromatic carbocycles. The van der Waals surface area contributed by atoms with Gasteiger partial charge in [-0.25, -0.2) is 34.4 Å². The minimum Gasteiger partial charge on any atom is -0.508 e. The number of rotatable bonds is 55. The Hall–Kier alpha value is -10.1. The maximum Gasteiger partial charge on any atom is 0.426 e. The molecule has 0 saturated carbocycles. The average Bonchev–Trinajstić information content (AvgIpc) is 1.06. The topological polar surface area (TPSA) is 537 Å². The maximum absolute atomic E-state index is 15.2. The van der Waals surface area contributed by atoms with Crippen LogP contribution < -0.4 is 58.7 Å². The van der Waals surface area contributed by atoms with E-state index in [2.05, 4.69) is 65.6 Å². The number of piperidine rings is 1. The fourth-order valence-electron chi connectivity index (χ4n) is 12.7. The lowest BCUT2D eigenvalue weighted by molar-refractivity contribution is -0.153. The Balaban J connectivity index is 1.25. The molecule has 668 valence electrons. The standard InChI is InChI=1S/C80H122N14O23S3/c1-11-13-14-15-20-35-115-46-94(75(107)68(48(5)12-2)90-73(106)62-22-17-19-34-93(62)10)63(47(3)4)42-64(117-52(9)95)74-88-60(44-118-74)72(105)85-56(39-53-27-29-57(96)30-28-53)38-49(6)69(102)91-92-80(114)116-36-37-119-120-45-61(77(110)111)87-70(103)51(8)84-71(104)59(41-67(100)101)86-65(97)40-54-23-25-55(26-24-54)43-82-78(112)81-33-18-16-21-50(7)83-79(113)89-58(76(108)109)31-32-66(98)99/h23-30,44,47-51,56,58-59,61-64,68,96H,11-22,31-43,45-46H2,1-10H3,(H,84,104)(H,85,105)(H,86,97)(H,87,103)(H,90,106)(H,91,102)(H,92,114)(H,98,99)(H,100,101)(H,108,109)(H,110,111)(H2,81,82,112)(H2,83,89,113)/t48-,49-,50+,51-,56+,58-,59?,61-,62?,63+,64+,68?/m0/s1. The molecule has 37 nitrogen and oxygen atoms in total. The van der Waals surface area contributed by atoms with Gasteiger partial charge >= 0.3 is 48.0 Å². The average molecular weight is 1740 g/mol. The number of aromatic hydroxyl groups is 1. The van der Waals surface area contributed by atoms with Gasteiger partial charge in [0.05, 0.1) is 18.9 Å². The highest BCUT2D eigenvalue weighted by molar-refractivity contribution is 8.76. The molecular weight excluding hydrogens is 1620 g/mol. The normalized spacial score (nSPS) is 15.4. The number of likely N-dealkylation sites (tertiary alicyclic amines) is 1. The van der Waals surface area contributed by atoms with E-state index in [-0.39, 0.29) is 116 Å². The first-order chi connectivity index (χ1) is 57.0. The SMILES string of the molecule is CCCCCCCOCN(C(=O)C(NC(=O)C1CCCCN1C)[C@@H](C)CC)[C@H](C[C@@H](OC(C)=O)c1nc(C(=O)N[C@@H](Cc2ccc(O)cc2)C[C@H](C)C(=O)NNC(=O)OCCSSC[C@H](NC(=O)[C@H](C)NC(=O)C(CC(=O)O)NC(=O)Cc2ccc(CNC(=O)NCCCC[C@@H](C)NC(=O)N[C@@H](CCC(=O)O)C(=O)O)cc2)C(=O)O)cs1)C(C)C. The largest absolute Gasteiger partial charge is 0.508 e. The summed E-state index contributed by atoms with van der Waals surface area (Å²) >= 11 is 1.08. The Morgan fingerprint density at radius 2 is 1.35 bits per heavy atom. The van der Waals surface area contributed by atoms with E-state index in [4.69, 9.17) is 24.3 Å². The summed E-state index contributed by atoms with van der Waals surface area (Å²) in [6, 6.07) is 2.51. The number of ether oxygens (including phenoxy) is 3. The van der Waals surface area contributed by atoms with Crippen molar-refractivity contribution in [1.82, 2.24) is 73.5 Å². The highest BCUT2D eigenvalue weighted by Crippen LogP contribution is 2.33. The minimum atomic E-state index is -1.65. The zero-order valence-corrected chi connectivity index (χ0v) is 72.4. The van der Waals surface area contributed by atoms with Crippen molar-refractivity contribution < 1.29 is 112 Å². The van der Waals surface area contributed by atoms with E-state index >= 15 is 4.79 Å². The molecule has 0 bridgehead atoms. The molecule has 3 unspecified atom stereocenters. The number of nitrogens with zero attached hydrogens (tertiary/aromatic N) is 3. The molecule has 12 atom stereocenters. The van der Waals surface area contributed by atoms with E-state index in [1.165, 1.54) is 31.4 Å². The van der Waals surface area contributed by atoms with E-state index < -0.39 is 145 Å². The van der Waals surface area contributed by atoms with Gasteiger partial charge in [0, 0.05) is 80.4 Å². The Kier molecular flexibility index (Phi) is 46.9. The molecule has 0 radical (unpaired) electrons. The van der Waals surface area contributed by atoms with Crippen LogP contribution in [0.5, 0.6) is 5.75 Å². The highest BCUT2D eigenvalue weighted by Gasteiger charge is 2.40. The Morgan fingerprint density at radius 3 is 1.99 bits per heavy atom. The molecule has 40 heteroatoms. The zero-order chi connectivity index (χ0) is 89.0. The van der Waals surface area contributed by atoms with Gasteiger partial charge in [-0.1, -0.05) is 138 Å². The van der Waals surface area contributed by atoms with Crippen molar-refractivity contribution in [3.8, 4) is 5.75 Å². The molecule has 16 N–H and O–H groups in total. The quantitative estimate of drug-likeness (QED) is 0.00953. The van der Waals surface area contributed by atoms with Crippen LogP contribution in [0.4, 0.5) is 14.4 Å². The summed E-state index contributed by atoms with van der Waals surface area (Å²) in [7, 11) is 3.98. The lowest BCUT2D eigenvalue weighted by Crippen LogP contribution is -2.59. The molecule has 1 aromatic heterocycles. The highest BCUT2D eigenvalue weighted by atomic mass is 33.1. The molecule has 1 fully saturated rings. The number of aliphatic carboxylic acids is 4. The monoisotopic (exact) mass is 1740 g/mol. The number of carbonyl (C=O) groups is 15. The number of carboxylic acid groups (broad SMARTS) is 4. The maximum atomic E-state index is 15.2. The number of phenols is 1. The van der Waals surface area contributed by atoms with E-state index in [1.807, 2.05) is 39.6 Å². The molecule has 0 aliphatic carbocycles. The second-order valence-corrected chi connectivity index (χ2v) is 33.7. The van der Waals surface area contributed by atoms with E-state index in [1.54, 1.807) is 55.1 Å². The van der Waals surface area contributed by atoms with Gasteiger partial charge in [-0.2, -0.15) is 0 Å². The van der Waals surface area contributed by atoms with Crippen molar-refractivity contribution in [2.24, 2.45) is 17.8 Å². The summed E-state index contributed by atoms with van der Waals surface area (Å²) in [5, 5.41) is 72.8. The Bertz CT molecular complexity index is 3830. The van der Waals surface area contributed by atoms with Crippen LogP contribution in [0.25, 0.3) is 0 Å². The first kappa shape index (κ1) is 102. The van der Waals surface area contributed by atoms with Crippen molar-refractivity contribution in [2.45, 2.75) is 251 Å². The van der Waals surface area contributed by atoms with Crippen molar-refractivity contribution in [2.75, 3.05) is 51.6 Å². The van der Waals surface area contributed by atoms with Gasteiger partial charge in [0.1, 0.15) is 60.0 Å². The minimum absolute atomic E-state index is 0.000294. The second kappa shape index (κ2) is 55.0. The smallest absolute Gasteiger partial charge is 0.426 e. The van der Waals surface area contributed by atoms with Gasteiger partial charge in [-0.15, -0.1) is 11.3 Å². The van der Waals surface area contributed by atoms with Gasteiger partial charge in [-0.05, 0) is 126 Å². The molecular formula is C80H122N14O23S3. The number of benzene rings is 2. The first-order valence-corrected chi connectivity index (χ1v) is 43.9. The van der Waals surface area contributed by atoms with Crippen LogP contribution in [0.1, 0.15) is 210 Å². The molecule has 120 heavy (non-hydrogen) atoms. The lowest BCUT2D eigenvalue weighted by Gasteiger charge is -2.40. The van der Waals surface area contributed by atoms with Crippen molar-refractivity contribution in [3.05, 3.63) is 81.3 Å². The molecule has 0 spiro atoms. The molecule has 1 aliphatic rings. The lowest BCUT2D eigenvalue weighted by atomic mass is 9.92. The van der Waals surface area contributed by atoms with Gasteiger partial charge in [-0.3, -0.25) is 58.3 Å². The summed E-state index contributed by atoms with van der Waals surface area (Å²) in [5.41, 5.74) is 6.27. The van der Waals surface area contributed by atoms with Crippen molar-refractivity contribution in [1.29, 1.82) is 0 Å². The Morgan fingerprint density at radius 1 is 0.667 bits per heavy atom. The van der Waals surface area contributed by atoms with Gasteiger partial charge < -0.3 is 92.5 Å². The number of unbranched alkanes of at least 4 members (excludes halogenated alkanes) is 5. The number of phenolic OH excluding ortho intramolecular Hbond substituents is 1. The van der Waals surface area contributed by atoms with Crippen LogP contribution in [-0.4, -0.2) is 236 Å². The summed E-state index contributed by atoms with van der Waals surface area (Å²) in [5.74, 6) is -12.2. The predicted octanol–water partition coefficient (Wildman–Crippen LogP) is 6.41. The summed E-state index contributed by atoms with van der Waals surface area (Å²) in [6.07, 6.45) is 5.97. The van der Waals surface area contributed by atoms with Crippen LogP contribution in [0.2, 0.25) is 0 Å². The van der Waals surface area contributed by atoms with E-state index in [0.29, 0.717) is 61.9 Å². The van der Waals surface area contributed by atoms with Crippen LogP contribution >= 0.6 is 32.9 Å². The number of hydrogen-bond donors (Lipinski definition) is 16. The zero-order valence-electron chi connectivity index (χ0n) is 69.9. The second-order valence-electron chi connectivity index (χ2n) is 30.2. The van der Waals surface area contributed by atoms with Crippen LogP contribution in [0.3, 0.4) is 0 Å². The molecule has 1 aliphatic heterocycles. The predicted molar refractivity (Wildman–Crippen MR) is 447 cm³/mol. The number of carboxylic acids is 4. The van der Waals surface area contributed by atoms with Gasteiger partial charge in [0.2, 0.25) is 35.4 Å². The molecule has 4 rings (SSSR count). The third-order valence-corrected chi connectivity index (χ3v) is 23.1. The first-order valence-electron chi connectivity index (χ1n) is 40.5. The van der Waals surface area contributed by atoms with Gasteiger partial charge in [0.25, 0.3) is 5.91 Å². The summed E-state index contributed by atoms with van der Waals surface area (Å²) in [4.78, 5) is 202. The van der Waals surface area contributed by atoms with Crippen LogP contribution in [-0.2, 0) is 86.3 Å². The number of nitrogens with one attached hydrogen (secondary N) is 11. The molecule has 2 heterocycles. The fraction of sp³-hybridized carbons (Fsp3) is 0.625. The summed E-state index contributed by atoms with van der Waals surface area (Å²) in [6.45, 7) is 16.9. The van der Waals surface area contributed by atoms with Crippen molar-refractivity contribution >= 4 is 122 Å². The van der Waals surface area contributed by atoms with E-state index in [0.717, 1.165) is 84.4 Å². The number of thiazole rings is 1. The number of urea groups is 2. The number of aromatic nitrogens is 1. The third kappa shape index (κ3) is 39.4. The number of amides is 12. The Labute approximate surface area is 711 Å². The van der Waals surface area contributed by atoms with Crippen LogP contribution in [0.15, 0.2) is 53.9 Å². The number of hydrogen-bond acceptors (Lipinski definition) is 24. The number of likely N-dealkylation sites (N-methyl/N-ethyl adjacent to an activating group) is 1. The summed E-state index contributed by atoms with van der Waals surface area (Å²) < 4.78 is 17.4. The number of hydrazine groups is 1. The number of esters is 1. The van der Waals surface area contributed by atoms with E-state index in [9.17, 15) is 87.5 Å². The fourth-order valence-corrected chi connectivity index (χ4v) is 15.6. The molecule has 1 saturated heterocycles. The number of carbonyl (C=O) groups excluding carboxylic acids is 11. The van der Waals surface area contributed by atoms with Crippen LogP contribution in [0, 0.1) is 17.8 Å². The molecule has 12 amide bonds. The molecule has 3 aromatic rings.